The molecule has 23 heavy (non-hydrogen) atoms. The van der Waals surface area contributed by atoms with E-state index in [4.69, 9.17) is 0 Å². The molecule has 6 nitrogen and oxygen atoms in total. The van der Waals surface area contributed by atoms with Crippen LogP contribution in [0.2, 0.25) is 0 Å². The molecule has 0 aromatic carbocycles. The minimum absolute atomic E-state index is 0.000593. The molecule has 0 unspecified atom stereocenters. The van der Waals surface area contributed by atoms with Gasteiger partial charge in [-0.15, -0.1) is 0 Å². The number of aromatic nitrogens is 1. The summed E-state index contributed by atoms with van der Waals surface area (Å²) in [5.41, 5.74) is 0.806. The van der Waals surface area contributed by atoms with E-state index in [0.717, 1.165) is 32.5 Å². The maximum absolute atomic E-state index is 12.5. The second-order valence-electron chi connectivity index (χ2n) is 5.89. The number of hydrogen-bond acceptors (Lipinski definition) is 4. The summed E-state index contributed by atoms with van der Waals surface area (Å²) in [6.07, 6.45) is 3.47. The maximum atomic E-state index is 12.5. The molecule has 0 aliphatic carbocycles. The van der Waals surface area contributed by atoms with Gasteiger partial charge < -0.3 is 10.0 Å². The van der Waals surface area contributed by atoms with Crippen molar-refractivity contribution in [2.24, 2.45) is 5.92 Å². The fourth-order valence-corrected chi connectivity index (χ4v) is 3.16. The normalized spacial score (nSPS) is 18.6. The Balaban J connectivity index is 2.05. The Bertz CT molecular complexity index is 558. The summed E-state index contributed by atoms with van der Waals surface area (Å²) in [5.74, 6) is -0.749. The van der Waals surface area contributed by atoms with Gasteiger partial charge in [-0.05, 0) is 45.4 Å². The zero-order valence-corrected chi connectivity index (χ0v) is 13.9. The van der Waals surface area contributed by atoms with E-state index in [1.165, 1.54) is 0 Å². The molecule has 2 rings (SSSR count). The second kappa shape index (κ2) is 8.06. The Morgan fingerprint density at radius 3 is 2.78 bits per heavy atom. The predicted molar refractivity (Wildman–Crippen MR) is 87.1 cm³/mol. The average Bonchev–Trinajstić information content (AvgIpc) is 2.56. The summed E-state index contributed by atoms with van der Waals surface area (Å²) < 4.78 is 0. The van der Waals surface area contributed by atoms with Crippen molar-refractivity contribution in [2.75, 3.05) is 26.2 Å². The average molecular weight is 319 g/mol. The number of rotatable bonds is 6. The van der Waals surface area contributed by atoms with Gasteiger partial charge in [-0.3, -0.25) is 14.7 Å². The second-order valence-corrected chi connectivity index (χ2v) is 5.89. The lowest BCUT2D eigenvalue weighted by molar-refractivity contribution is -0.137. The van der Waals surface area contributed by atoms with Crippen LogP contribution in [0.4, 0.5) is 0 Å². The Morgan fingerprint density at radius 2 is 2.13 bits per heavy atom. The Labute approximate surface area is 137 Å². The Kier molecular flexibility index (Phi) is 6.10. The first-order valence-corrected chi connectivity index (χ1v) is 8.25. The van der Waals surface area contributed by atoms with Crippen molar-refractivity contribution in [2.45, 2.75) is 33.2 Å². The number of pyridine rings is 1. The quantitative estimate of drug-likeness (QED) is 0.866. The molecule has 126 valence electrons. The third-order valence-electron chi connectivity index (χ3n) is 4.42. The number of aromatic carboxylic acids is 1. The van der Waals surface area contributed by atoms with E-state index in [2.05, 4.69) is 9.88 Å². The maximum Gasteiger partial charge on any atom is 0.337 e. The third kappa shape index (κ3) is 4.28. The van der Waals surface area contributed by atoms with Crippen LogP contribution in [0.15, 0.2) is 18.3 Å². The molecule has 1 saturated heterocycles. The lowest BCUT2D eigenvalue weighted by atomic mass is 9.96. The first-order chi connectivity index (χ1) is 11.1. The number of carbonyl (C=O) groups is 2. The van der Waals surface area contributed by atoms with Crippen LogP contribution in [0.5, 0.6) is 0 Å². The van der Waals surface area contributed by atoms with Gasteiger partial charge in [-0.2, -0.15) is 0 Å². The molecular weight excluding hydrogens is 294 g/mol. The lowest BCUT2D eigenvalue weighted by Gasteiger charge is -2.34. The van der Waals surface area contributed by atoms with E-state index < -0.39 is 5.97 Å². The molecule has 0 radical (unpaired) electrons. The summed E-state index contributed by atoms with van der Waals surface area (Å²) >= 11 is 0. The first-order valence-electron chi connectivity index (χ1n) is 8.25. The van der Waals surface area contributed by atoms with Crippen molar-refractivity contribution in [1.82, 2.24) is 14.8 Å². The smallest absolute Gasteiger partial charge is 0.337 e. The van der Waals surface area contributed by atoms with Crippen molar-refractivity contribution in [1.29, 1.82) is 0 Å². The summed E-state index contributed by atoms with van der Waals surface area (Å²) in [5, 5.41) is 9.25. The van der Waals surface area contributed by atoms with Crippen LogP contribution in [-0.4, -0.2) is 57.9 Å². The van der Waals surface area contributed by atoms with Crippen LogP contribution < -0.4 is 0 Å². The first kappa shape index (κ1) is 17.4. The summed E-state index contributed by atoms with van der Waals surface area (Å²) in [6.45, 7) is 7.47. The zero-order chi connectivity index (χ0) is 16.8. The SMILES string of the molecule is CCN(CC)C(=O)[C@@H]1CCCN(Cc2ncccc2C(=O)O)C1. The van der Waals surface area contributed by atoms with Crippen LogP contribution in [0.3, 0.4) is 0 Å². The molecular formula is C17H25N3O3. The fraction of sp³-hybridized carbons (Fsp3) is 0.588. The Morgan fingerprint density at radius 1 is 1.39 bits per heavy atom. The van der Waals surface area contributed by atoms with Gasteiger partial charge in [0.05, 0.1) is 17.2 Å². The fourth-order valence-electron chi connectivity index (χ4n) is 3.16. The van der Waals surface area contributed by atoms with Crippen LogP contribution in [0.25, 0.3) is 0 Å². The minimum Gasteiger partial charge on any atom is -0.478 e. The molecule has 1 fully saturated rings. The molecule has 1 aromatic rings. The van der Waals surface area contributed by atoms with Crippen molar-refractivity contribution in [3.05, 3.63) is 29.6 Å². The number of carboxylic acids is 1. The highest BCUT2D eigenvalue weighted by Gasteiger charge is 2.29. The molecule has 1 amide bonds. The van der Waals surface area contributed by atoms with Crippen LogP contribution in [0, 0.1) is 5.92 Å². The highest BCUT2D eigenvalue weighted by Crippen LogP contribution is 2.21. The summed E-state index contributed by atoms with van der Waals surface area (Å²) in [6, 6.07) is 3.21. The van der Waals surface area contributed by atoms with Gasteiger partial charge in [0, 0.05) is 32.4 Å². The summed E-state index contributed by atoms with van der Waals surface area (Å²) in [4.78, 5) is 32.0. The molecule has 0 bridgehead atoms. The van der Waals surface area contributed by atoms with E-state index in [-0.39, 0.29) is 17.4 Å². The number of amides is 1. The summed E-state index contributed by atoms with van der Waals surface area (Å²) in [7, 11) is 0. The molecule has 1 atom stereocenters. The predicted octanol–water partition coefficient (Wildman–Crippen LogP) is 1.86. The van der Waals surface area contributed by atoms with Crippen LogP contribution in [0.1, 0.15) is 42.7 Å². The number of nitrogens with zero attached hydrogens (tertiary/aromatic N) is 3. The molecule has 1 aromatic heterocycles. The van der Waals surface area contributed by atoms with E-state index in [1.807, 2.05) is 18.7 Å². The van der Waals surface area contributed by atoms with Gasteiger partial charge in [-0.1, -0.05) is 0 Å². The molecule has 1 N–H and O–H groups in total. The van der Waals surface area contributed by atoms with Crippen molar-refractivity contribution >= 4 is 11.9 Å². The van der Waals surface area contributed by atoms with Crippen molar-refractivity contribution in [3.8, 4) is 0 Å². The lowest BCUT2D eigenvalue weighted by Crippen LogP contribution is -2.44. The number of carbonyl (C=O) groups excluding carboxylic acids is 1. The highest BCUT2D eigenvalue weighted by atomic mass is 16.4. The molecule has 6 heteroatoms. The largest absolute Gasteiger partial charge is 0.478 e. The van der Waals surface area contributed by atoms with Crippen LogP contribution in [-0.2, 0) is 11.3 Å². The topological polar surface area (TPSA) is 73.7 Å². The molecule has 1 aliphatic heterocycles. The van der Waals surface area contributed by atoms with Gasteiger partial charge in [0.15, 0.2) is 0 Å². The van der Waals surface area contributed by atoms with Gasteiger partial charge in [0.1, 0.15) is 0 Å². The number of hydrogen-bond donors (Lipinski definition) is 1. The molecule has 0 saturated carbocycles. The molecule has 0 spiro atoms. The Hall–Kier alpha value is -1.95. The van der Waals surface area contributed by atoms with Gasteiger partial charge >= 0.3 is 5.97 Å². The number of piperidine rings is 1. The van der Waals surface area contributed by atoms with E-state index in [0.29, 0.717) is 18.8 Å². The van der Waals surface area contributed by atoms with E-state index in [9.17, 15) is 14.7 Å². The number of likely N-dealkylation sites (tertiary alicyclic amines) is 1. The van der Waals surface area contributed by atoms with Gasteiger partial charge in [0.25, 0.3) is 0 Å². The van der Waals surface area contributed by atoms with Gasteiger partial charge in [0.2, 0.25) is 5.91 Å². The van der Waals surface area contributed by atoms with Crippen molar-refractivity contribution < 1.29 is 14.7 Å². The van der Waals surface area contributed by atoms with Crippen LogP contribution >= 0.6 is 0 Å². The minimum atomic E-state index is -0.958. The van der Waals surface area contributed by atoms with E-state index in [1.54, 1.807) is 18.3 Å². The van der Waals surface area contributed by atoms with Crippen molar-refractivity contribution in [3.63, 3.8) is 0 Å². The third-order valence-corrected chi connectivity index (χ3v) is 4.42. The standard InChI is InChI=1S/C17H25N3O3/c1-3-20(4-2)16(21)13-7-6-10-19(11-13)12-15-14(17(22)23)8-5-9-18-15/h5,8-9,13H,3-4,6-7,10-12H2,1-2H3,(H,22,23)/t13-/m1/s1. The highest BCUT2D eigenvalue weighted by molar-refractivity contribution is 5.88. The zero-order valence-electron chi connectivity index (χ0n) is 13.9. The monoisotopic (exact) mass is 319 g/mol. The van der Waals surface area contributed by atoms with Gasteiger partial charge in [-0.25, -0.2) is 4.79 Å². The number of carboxylic acid groups (broad SMARTS) is 1. The molecule has 2 heterocycles. The molecule has 1 aliphatic rings. The van der Waals surface area contributed by atoms with E-state index >= 15 is 0 Å².